The normalized spacial score (nSPS) is 23.3. The number of ketones is 2. The first-order valence-corrected chi connectivity index (χ1v) is 8.77. The Morgan fingerprint density at radius 1 is 0.952 bits per heavy atom. The van der Waals surface area contributed by atoms with E-state index in [1.54, 1.807) is 0 Å². The predicted octanol–water partition coefficient (Wildman–Crippen LogP) is -0.490. The topological polar surface area (TPSA) is 43.2 Å². The number of carbonyl (C=O) groups is 2. The van der Waals surface area contributed by atoms with Crippen LogP contribution in [0.4, 0.5) is 0 Å². The number of rotatable bonds is 3. The van der Waals surface area contributed by atoms with Crippen molar-refractivity contribution in [3.63, 3.8) is 0 Å². The largest absolute Gasteiger partial charge is 0.365 e. The SMILES string of the molecule is Cl/C=C/[AsH2].O=C1C=C(N2CC2)C(=O)C(N2CC2)=C1N1CC1. The van der Waals surface area contributed by atoms with E-state index in [0.29, 0.717) is 17.1 Å². The van der Waals surface area contributed by atoms with Crippen molar-refractivity contribution in [1.29, 1.82) is 0 Å². The van der Waals surface area contributed by atoms with Crippen LogP contribution in [0.2, 0.25) is 0 Å². The van der Waals surface area contributed by atoms with Gasteiger partial charge in [0.1, 0.15) is 11.4 Å². The second kappa shape index (κ2) is 5.90. The van der Waals surface area contributed by atoms with E-state index in [4.69, 9.17) is 11.6 Å². The van der Waals surface area contributed by atoms with Crippen molar-refractivity contribution in [2.45, 2.75) is 0 Å². The molecule has 0 aromatic carbocycles. The van der Waals surface area contributed by atoms with Crippen molar-refractivity contribution in [3.05, 3.63) is 33.6 Å². The Kier molecular flexibility index (Phi) is 4.14. The molecule has 3 heterocycles. The maximum Gasteiger partial charge on any atom is 0.227 e. The smallest absolute Gasteiger partial charge is 0.227 e. The summed E-state index contributed by atoms with van der Waals surface area (Å²) in [6, 6.07) is 0. The monoisotopic (exact) mass is 369 g/mol. The fraction of sp³-hybridized carbons (Fsp3) is 0.429. The van der Waals surface area contributed by atoms with Gasteiger partial charge in [0, 0.05) is 45.3 Å². The zero-order valence-electron chi connectivity index (χ0n) is 11.6. The summed E-state index contributed by atoms with van der Waals surface area (Å²) in [6.07, 6.45) is 1.52. The fourth-order valence-electron chi connectivity index (χ4n) is 2.28. The zero-order chi connectivity index (χ0) is 15.0. The third-order valence-electron chi connectivity index (χ3n) is 3.56. The van der Waals surface area contributed by atoms with Gasteiger partial charge >= 0.3 is 38.9 Å². The van der Waals surface area contributed by atoms with Gasteiger partial charge < -0.3 is 14.7 Å². The Morgan fingerprint density at radius 3 is 1.86 bits per heavy atom. The molecule has 0 amide bonds. The van der Waals surface area contributed by atoms with Crippen molar-refractivity contribution in [2.24, 2.45) is 0 Å². The van der Waals surface area contributed by atoms with Gasteiger partial charge in [-0.05, 0) is 0 Å². The molecule has 3 fully saturated rings. The van der Waals surface area contributed by atoms with Gasteiger partial charge in [-0.15, -0.1) is 0 Å². The van der Waals surface area contributed by atoms with Gasteiger partial charge in [0.25, 0.3) is 0 Å². The van der Waals surface area contributed by atoms with Crippen molar-refractivity contribution in [3.8, 4) is 0 Å². The Labute approximate surface area is 137 Å². The number of nitrogens with zero attached hydrogens (tertiary/aromatic N) is 3. The van der Waals surface area contributed by atoms with Crippen LogP contribution in [0.3, 0.4) is 0 Å². The van der Waals surface area contributed by atoms with E-state index in [-0.39, 0.29) is 11.6 Å². The number of carbonyl (C=O) groups excluding carboxylic acids is 2. The molecule has 1 aliphatic carbocycles. The van der Waals surface area contributed by atoms with Crippen LogP contribution in [0, 0.1) is 0 Å². The van der Waals surface area contributed by atoms with E-state index in [9.17, 15) is 9.59 Å². The molecule has 1 unspecified atom stereocenters. The first kappa shape index (κ1) is 14.7. The van der Waals surface area contributed by atoms with Crippen LogP contribution in [-0.2, 0) is 9.59 Å². The molecule has 3 aliphatic heterocycles. The summed E-state index contributed by atoms with van der Waals surface area (Å²) >= 11 is 6.53. The van der Waals surface area contributed by atoms with Gasteiger partial charge in [-0.3, -0.25) is 9.59 Å². The first-order valence-electron chi connectivity index (χ1n) is 6.94. The Bertz CT molecular complexity index is 569. The van der Waals surface area contributed by atoms with E-state index in [0.717, 1.165) is 39.3 Å². The summed E-state index contributed by atoms with van der Waals surface area (Å²) in [5.41, 5.74) is 3.39. The molecular weight excluding hydrogens is 353 g/mol. The molecule has 4 aliphatic rings. The van der Waals surface area contributed by atoms with Crippen LogP contribution in [0.25, 0.3) is 0 Å². The standard InChI is InChI=1S/C12H13N3O2.C2H4AsCl/c16-9-7-8(13-1-2-13)12(17)11(15-5-6-15)10(9)14-3-4-14;3-1-2-4/h7H,1-6H2;1-2H,3H2/b;2-1+. The van der Waals surface area contributed by atoms with E-state index in [2.05, 4.69) is 0 Å². The van der Waals surface area contributed by atoms with Gasteiger partial charge in [-0.1, -0.05) is 0 Å². The molecule has 3 saturated heterocycles. The van der Waals surface area contributed by atoms with Crippen molar-refractivity contribution in [1.82, 2.24) is 14.7 Å². The van der Waals surface area contributed by atoms with Crippen LogP contribution in [0.5, 0.6) is 0 Å². The molecule has 7 heteroatoms. The number of hydrogen-bond acceptors (Lipinski definition) is 5. The Balaban J connectivity index is 0.000000298. The zero-order valence-corrected chi connectivity index (χ0v) is 14.8. The summed E-state index contributed by atoms with van der Waals surface area (Å²) in [6.45, 7) is 5.41. The van der Waals surface area contributed by atoms with Gasteiger partial charge in [0.05, 0.1) is 5.70 Å². The molecule has 0 N–H and O–H groups in total. The summed E-state index contributed by atoms with van der Waals surface area (Å²) in [4.78, 5) is 32.3. The number of allylic oxidation sites excluding steroid dienone is 1. The average Bonchev–Trinajstić information content (AvgIpc) is 3.30. The van der Waals surface area contributed by atoms with E-state index < -0.39 is 0 Å². The van der Waals surface area contributed by atoms with Crippen LogP contribution in [-0.4, -0.2) is 82.4 Å². The van der Waals surface area contributed by atoms with E-state index in [1.807, 2.05) is 19.6 Å². The van der Waals surface area contributed by atoms with Crippen molar-refractivity contribution < 1.29 is 9.59 Å². The average molecular weight is 370 g/mol. The third-order valence-corrected chi connectivity index (χ3v) is 4.62. The summed E-state index contributed by atoms with van der Waals surface area (Å²) in [7, 11) is 0. The van der Waals surface area contributed by atoms with Gasteiger partial charge in [0.15, 0.2) is 0 Å². The molecule has 4 rings (SSSR count). The minimum atomic E-state index is 0.00546. The van der Waals surface area contributed by atoms with E-state index >= 15 is 0 Å². The minimum absolute atomic E-state index is 0.00546. The second-order valence-electron chi connectivity index (χ2n) is 5.20. The minimum Gasteiger partial charge on any atom is -0.365 e. The fourth-order valence-corrected chi connectivity index (χ4v) is 2.28. The maximum atomic E-state index is 12.4. The maximum absolute atomic E-state index is 12.4. The Morgan fingerprint density at radius 2 is 1.43 bits per heavy atom. The second-order valence-corrected chi connectivity index (χ2v) is 6.26. The summed E-state index contributed by atoms with van der Waals surface area (Å²) < 4.78 is 0. The molecule has 0 spiro atoms. The molecule has 0 radical (unpaired) electrons. The molecule has 21 heavy (non-hydrogen) atoms. The van der Waals surface area contributed by atoms with E-state index in [1.165, 1.54) is 28.5 Å². The predicted molar refractivity (Wildman–Crippen MR) is 83.4 cm³/mol. The van der Waals surface area contributed by atoms with Crippen LogP contribution in [0.15, 0.2) is 33.6 Å². The van der Waals surface area contributed by atoms with Gasteiger partial charge in [0.2, 0.25) is 11.6 Å². The number of Topliss-reactive ketones (excluding diaryl/α,β-unsaturated/α-hetero) is 1. The van der Waals surface area contributed by atoms with Crippen molar-refractivity contribution >= 4 is 40.0 Å². The van der Waals surface area contributed by atoms with Crippen LogP contribution < -0.4 is 0 Å². The number of hydrogen-bond donors (Lipinski definition) is 0. The molecule has 1 atom stereocenters. The summed E-state index contributed by atoms with van der Waals surface area (Å²) in [5.74, 6) is 0.0485. The third kappa shape index (κ3) is 3.19. The molecule has 5 nitrogen and oxygen atoms in total. The molecule has 0 bridgehead atoms. The van der Waals surface area contributed by atoms with Crippen LogP contribution in [0.1, 0.15) is 0 Å². The van der Waals surface area contributed by atoms with Gasteiger partial charge in [-0.2, -0.15) is 0 Å². The number of halogens is 1. The summed E-state index contributed by atoms with van der Waals surface area (Å²) in [5, 5.41) is 0. The van der Waals surface area contributed by atoms with Crippen LogP contribution >= 0.6 is 11.6 Å². The molecule has 0 aromatic rings. The molecule has 0 aromatic heterocycles. The van der Waals surface area contributed by atoms with Gasteiger partial charge in [-0.25, -0.2) is 0 Å². The quantitative estimate of drug-likeness (QED) is 0.382. The Hall–Kier alpha value is -1.19. The molecule has 112 valence electrons. The molecular formula is C14H17AsClN3O2. The first-order chi connectivity index (χ1) is 10.2. The molecule has 0 saturated carbocycles. The van der Waals surface area contributed by atoms with Crippen molar-refractivity contribution in [2.75, 3.05) is 39.3 Å².